The van der Waals surface area contributed by atoms with Crippen molar-refractivity contribution in [3.8, 4) is 0 Å². The van der Waals surface area contributed by atoms with Gasteiger partial charge in [-0.1, -0.05) is 23.8 Å². The Morgan fingerprint density at radius 1 is 1.56 bits per heavy atom. The van der Waals surface area contributed by atoms with Crippen LogP contribution in [0.4, 0.5) is 0 Å². The second kappa shape index (κ2) is 4.33. The van der Waals surface area contributed by atoms with Gasteiger partial charge in [-0.3, -0.25) is 0 Å². The second-order valence-electron chi connectivity index (χ2n) is 2.25. The molecule has 0 spiro atoms. The van der Waals surface area contributed by atoms with Gasteiger partial charge >= 0.3 is 0 Å². The Morgan fingerprint density at radius 2 is 2.11 bits per heavy atom. The highest BCUT2D eigenvalue weighted by atomic mass is 14.6. The molecule has 0 aliphatic carbocycles. The number of nitrogens with two attached hydrogens (primary N) is 1. The highest BCUT2D eigenvalue weighted by molar-refractivity contribution is 5.15. The van der Waals surface area contributed by atoms with Gasteiger partial charge in [0.25, 0.3) is 0 Å². The van der Waals surface area contributed by atoms with E-state index in [0.29, 0.717) is 0 Å². The van der Waals surface area contributed by atoms with Crippen molar-refractivity contribution in [2.24, 2.45) is 5.73 Å². The van der Waals surface area contributed by atoms with Crippen molar-refractivity contribution in [3.05, 3.63) is 23.8 Å². The van der Waals surface area contributed by atoms with Crippen molar-refractivity contribution < 1.29 is 0 Å². The molecule has 0 rings (SSSR count). The highest BCUT2D eigenvalue weighted by Crippen LogP contribution is 1.93. The number of hydrogen-bond donors (Lipinski definition) is 1. The Hall–Kier alpha value is -0.560. The molecule has 0 aliphatic heterocycles. The molecule has 1 heteroatoms. The predicted octanol–water partition coefficient (Wildman–Crippen LogP) is 1.86. The molecule has 2 N–H and O–H groups in total. The van der Waals surface area contributed by atoms with E-state index < -0.39 is 0 Å². The van der Waals surface area contributed by atoms with Gasteiger partial charge in [0.05, 0.1) is 0 Å². The molecule has 9 heavy (non-hydrogen) atoms. The van der Waals surface area contributed by atoms with Gasteiger partial charge in [0.15, 0.2) is 0 Å². The zero-order valence-corrected chi connectivity index (χ0v) is 6.39. The molecule has 0 heterocycles. The summed E-state index contributed by atoms with van der Waals surface area (Å²) in [5.74, 6) is 0. The van der Waals surface area contributed by atoms with Gasteiger partial charge in [-0.2, -0.15) is 0 Å². The topological polar surface area (TPSA) is 26.0 Å². The molecule has 0 radical (unpaired) electrons. The zero-order chi connectivity index (χ0) is 7.28. The van der Waals surface area contributed by atoms with Crippen LogP contribution in [0, 0.1) is 0 Å². The second-order valence-corrected chi connectivity index (χ2v) is 2.25. The van der Waals surface area contributed by atoms with Crippen molar-refractivity contribution in [3.63, 3.8) is 0 Å². The van der Waals surface area contributed by atoms with Gasteiger partial charge in [-0.25, -0.2) is 0 Å². The fourth-order valence-corrected chi connectivity index (χ4v) is 0.400. The molecule has 0 saturated heterocycles. The fraction of sp³-hybridized carbons (Fsp3) is 0.500. The van der Waals surface area contributed by atoms with Crippen LogP contribution in [0.25, 0.3) is 0 Å². The van der Waals surface area contributed by atoms with Gasteiger partial charge in [0.1, 0.15) is 0 Å². The van der Waals surface area contributed by atoms with Gasteiger partial charge < -0.3 is 5.73 Å². The third kappa shape index (κ3) is 5.31. The lowest BCUT2D eigenvalue weighted by molar-refractivity contribution is 0.924. The van der Waals surface area contributed by atoms with Crippen molar-refractivity contribution in [1.29, 1.82) is 0 Å². The van der Waals surface area contributed by atoms with Crippen molar-refractivity contribution >= 4 is 0 Å². The fourth-order valence-electron chi connectivity index (χ4n) is 0.400. The molecule has 0 bridgehead atoms. The highest BCUT2D eigenvalue weighted by Gasteiger charge is 1.82. The molecule has 0 fully saturated rings. The maximum Gasteiger partial charge on any atom is 0.0197 e. The predicted molar refractivity (Wildman–Crippen MR) is 42.2 cm³/mol. The van der Waals surface area contributed by atoms with Crippen LogP contribution in [-0.4, -0.2) is 6.04 Å². The Balaban J connectivity index is 3.71. The molecule has 0 saturated carbocycles. The van der Waals surface area contributed by atoms with E-state index in [1.807, 2.05) is 26.0 Å². The van der Waals surface area contributed by atoms with Crippen LogP contribution in [0.2, 0.25) is 0 Å². The Morgan fingerprint density at radius 3 is 2.44 bits per heavy atom. The Labute approximate surface area is 57.3 Å². The van der Waals surface area contributed by atoms with Gasteiger partial charge in [0.2, 0.25) is 0 Å². The molecule has 1 unspecified atom stereocenters. The maximum atomic E-state index is 5.48. The molecule has 1 nitrogen and oxygen atoms in total. The first kappa shape index (κ1) is 8.44. The molecule has 0 aromatic rings. The third-order valence-corrected chi connectivity index (χ3v) is 1.12. The van der Waals surface area contributed by atoms with Crippen LogP contribution in [0.5, 0.6) is 0 Å². The summed E-state index contributed by atoms with van der Waals surface area (Å²) in [5, 5.41) is 0. The lowest BCUT2D eigenvalue weighted by atomic mass is 10.2. The summed E-state index contributed by atoms with van der Waals surface area (Å²) in [7, 11) is 0. The lowest BCUT2D eigenvalue weighted by Crippen LogP contribution is -2.10. The van der Waals surface area contributed by atoms with Gasteiger partial charge in [0, 0.05) is 6.04 Å². The normalized spacial score (nSPS) is 16.7. The molecular weight excluding hydrogens is 110 g/mol. The summed E-state index contributed by atoms with van der Waals surface area (Å²) in [6.07, 6.45) is 6.07. The molecule has 0 aliphatic rings. The average molecular weight is 125 g/mol. The van der Waals surface area contributed by atoms with Crippen molar-refractivity contribution in [1.82, 2.24) is 0 Å². The van der Waals surface area contributed by atoms with E-state index >= 15 is 0 Å². The molecule has 1 atom stereocenters. The van der Waals surface area contributed by atoms with Gasteiger partial charge in [-0.15, -0.1) is 0 Å². The molecule has 0 amide bonds. The number of rotatable bonds is 2. The van der Waals surface area contributed by atoms with Crippen LogP contribution < -0.4 is 5.73 Å². The summed E-state index contributed by atoms with van der Waals surface area (Å²) in [6, 6.07) is 0.167. The SMILES string of the molecule is CC=C(C)/C=C\C(C)N. The average Bonchev–Trinajstić information content (AvgIpc) is 1.83. The molecule has 0 aromatic heterocycles. The molecular formula is C8H15N. The third-order valence-electron chi connectivity index (χ3n) is 1.12. The first-order valence-electron chi connectivity index (χ1n) is 3.23. The van der Waals surface area contributed by atoms with Crippen LogP contribution in [0.3, 0.4) is 0 Å². The van der Waals surface area contributed by atoms with E-state index in [9.17, 15) is 0 Å². The summed E-state index contributed by atoms with van der Waals surface area (Å²) < 4.78 is 0. The Kier molecular flexibility index (Phi) is 4.06. The lowest BCUT2D eigenvalue weighted by Gasteiger charge is -1.93. The van der Waals surface area contributed by atoms with Crippen LogP contribution in [0.1, 0.15) is 20.8 Å². The molecule has 0 aromatic carbocycles. The standard InChI is InChI=1S/C8H15N/c1-4-7(2)5-6-8(3)9/h4-6,8H,9H2,1-3H3/b6-5-,7-4?. The van der Waals surface area contributed by atoms with Crippen molar-refractivity contribution in [2.75, 3.05) is 0 Å². The smallest absolute Gasteiger partial charge is 0.0197 e. The largest absolute Gasteiger partial charge is 0.325 e. The summed E-state index contributed by atoms with van der Waals surface area (Å²) >= 11 is 0. The first-order chi connectivity index (χ1) is 4.16. The van der Waals surface area contributed by atoms with Crippen LogP contribution in [-0.2, 0) is 0 Å². The minimum Gasteiger partial charge on any atom is -0.325 e. The van der Waals surface area contributed by atoms with Crippen LogP contribution >= 0.6 is 0 Å². The summed E-state index contributed by atoms with van der Waals surface area (Å²) in [5.41, 5.74) is 6.74. The summed E-state index contributed by atoms with van der Waals surface area (Å²) in [4.78, 5) is 0. The number of allylic oxidation sites excluding steroid dienone is 3. The zero-order valence-electron chi connectivity index (χ0n) is 6.39. The van der Waals surface area contributed by atoms with Crippen LogP contribution in [0.15, 0.2) is 23.8 Å². The maximum absolute atomic E-state index is 5.48. The monoisotopic (exact) mass is 125 g/mol. The van der Waals surface area contributed by atoms with E-state index in [4.69, 9.17) is 5.73 Å². The van der Waals surface area contributed by atoms with E-state index in [0.717, 1.165) is 0 Å². The molecule has 52 valence electrons. The van der Waals surface area contributed by atoms with Gasteiger partial charge in [-0.05, 0) is 20.8 Å². The van der Waals surface area contributed by atoms with E-state index in [-0.39, 0.29) is 6.04 Å². The minimum atomic E-state index is 0.167. The minimum absolute atomic E-state index is 0.167. The first-order valence-corrected chi connectivity index (χ1v) is 3.23. The van der Waals surface area contributed by atoms with Crippen molar-refractivity contribution in [2.45, 2.75) is 26.8 Å². The van der Waals surface area contributed by atoms with E-state index in [1.165, 1.54) is 5.57 Å². The Bertz CT molecular complexity index is 121. The summed E-state index contributed by atoms with van der Waals surface area (Å²) in [6.45, 7) is 6.03. The number of hydrogen-bond acceptors (Lipinski definition) is 1. The van der Waals surface area contributed by atoms with E-state index in [2.05, 4.69) is 13.0 Å². The quantitative estimate of drug-likeness (QED) is 0.560. The van der Waals surface area contributed by atoms with E-state index in [1.54, 1.807) is 0 Å².